The highest BCUT2D eigenvalue weighted by Gasteiger charge is 2.13. The average Bonchev–Trinajstić information content (AvgIpc) is 2.19. The van der Waals surface area contributed by atoms with Crippen molar-refractivity contribution in [1.29, 1.82) is 0 Å². The zero-order valence-corrected chi connectivity index (χ0v) is 10.7. The number of nitrogens with one attached hydrogen (secondary N) is 1. The van der Waals surface area contributed by atoms with E-state index in [0.29, 0.717) is 10.0 Å². The summed E-state index contributed by atoms with van der Waals surface area (Å²) in [5.74, 6) is -0.690. The fourth-order valence-corrected chi connectivity index (χ4v) is 2.94. The molecule has 1 rings (SSSR count). The molecule has 1 aromatic carbocycles. The van der Waals surface area contributed by atoms with Gasteiger partial charge >= 0.3 is 0 Å². The first-order valence-corrected chi connectivity index (χ1v) is 6.91. The molecule has 90 valence electrons. The number of rotatable bonds is 5. The molecule has 0 spiro atoms. The van der Waals surface area contributed by atoms with Gasteiger partial charge in [-0.15, -0.1) is 0 Å². The molecule has 16 heavy (non-hydrogen) atoms. The summed E-state index contributed by atoms with van der Waals surface area (Å²) in [7, 11) is -3.49. The SMILES string of the molecule is O=S(=O)(Cc1ccc(F)cc1Br)NCCO. The summed E-state index contributed by atoms with van der Waals surface area (Å²) in [6, 6.07) is 3.80. The molecule has 0 fully saturated rings. The van der Waals surface area contributed by atoms with Crippen LogP contribution in [0.1, 0.15) is 5.56 Å². The van der Waals surface area contributed by atoms with Crippen molar-refractivity contribution in [3.05, 3.63) is 34.1 Å². The molecule has 1 aromatic rings. The van der Waals surface area contributed by atoms with Crippen LogP contribution in [-0.2, 0) is 15.8 Å². The molecule has 7 heteroatoms. The first-order valence-electron chi connectivity index (χ1n) is 4.47. The van der Waals surface area contributed by atoms with Gasteiger partial charge in [-0.25, -0.2) is 17.5 Å². The van der Waals surface area contributed by atoms with Crippen LogP contribution in [0.5, 0.6) is 0 Å². The summed E-state index contributed by atoms with van der Waals surface area (Å²) in [5.41, 5.74) is 0.465. The van der Waals surface area contributed by atoms with Gasteiger partial charge in [0.25, 0.3) is 0 Å². The van der Waals surface area contributed by atoms with Gasteiger partial charge < -0.3 is 5.11 Å². The van der Waals surface area contributed by atoms with E-state index in [2.05, 4.69) is 20.7 Å². The lowest BCUT2D eigenvalue weighted by molar-refractivity contribution is 0.301. The van der Waals surface area contributed by atoms with Crippen LogP contribution in [0.15, 0.2) is 22.7 Å². The molecule has 0 bridgehead atoms. The number of hydrogen-bond acceptors (Lipinski definition) is 3. The lowest BCUT2D eigenvalue weighted by Crippen LogP contribution is -2.28. The molecule has 0 aliphatic carbocycles. The summed E-state index contributed by atoms with van der Waals surface area (Å²) < 4.78 is 38.3. The number of aliphatic hydroxyl groups excluding tert-OH is 1. The predicted molar refractivity (Wildman–Crippen MR) is 61.8 cm³/mol. The summed E-state index contributed by atoms with van der Waals surface area (Å²) in [6.07, 6.45) is 0. The van der Waals surface area contributed by atoms with Crippen molar-refractivity contribution in [1.82, 2.24) is 4.72 Å². The van der Waals surface area contributed by atoms with Crippen molar-refractivity contribution in [2.45, 2.75) is 5.75 Å². The lowest BCUT2D eigenvalue weighted by Gasteiger charge is -2.07. The normalized spacial score (nSPS) is 11.7. The van der Waals surface area contributed by atoms with Gasteiger partial charge in [0.05, 0.1) is 12.4 Å². The molecule has 4 nitrogen and oxygen atoms in total. The monoisotopic (exact) mass is 311 g/mol. The van der Waals surface area contributed by atoms with Crippen LogP contribution in [0.25, 0.3) is 0 Å². The Morgan fingerprint density at radius 1 is 1.44 bits per heavy atom. The van der Waals surface area contributed by atoms with E-state index in [1.165, 1.54) is 18.2 Å². The highest BCUT2D eigenvalue weighted by molar-refractivity contribution is 9.10. The van der Waals surface area contributed by atoms with Crippen molar-refractivity contribution in [2.75, 3.05) is 13.2 Å². The number of hydrogen-bond donors (Lipinski definition) is 2. The van der Waals surface area contributed by atoms with E-state index in [4.69, 9.17) is 5.11 Å². The highest BCUT2D eigenvalue weighted by Crippen LogP contribution is 2.19. The smallest absolute Gasteiger partial charge is 0.215 e. The van der Waals surface area contributed by atoms with Crippen LogP contribution in [0.2, 0.25) is 0 Å². The maximum atomic E-state index is 12.8. The summed E-state index contributed by atoms with van der Waals surface area (Å²) in [6.45, 7) is -0.287. The third-order valence-electron chi connectivity index (χ3n) is 1.79. The maximum absolute atomic E-state index is 12.8. The second-order valence-electron chi connectivity index (χ2n) is 3.11. The first kappa shape index (κ1) is 13.6. The third kappa shape index (κ3) is 4.17. The van der Waals surface area contributed by atoms with Crippen LogP contribution < -0.4 is 4.72 Å². The van der Waals surface area contributed by atoms with Gasteiger partial charge in [0.2, 0.25) is 10.0 Å². The summed E-state index contributed by atoms with van der Waals surface area (Å²) in [4.78, 5) is 0. The van der Waals surface area contributed by atoms with Crippen molar-refractivity contribution < 1.29 is 17.9 Å². The maximum Gasteiger partial charge on any atom is 0.215 e. The van der Waals surface area contributed by atoms with Gasteiger partial charge in [-0.05, 0) is 17.7 Å². The standard InChI is InChI=1S/C9H11BrFNO3S/c10-9-5-8(11)2-1-7(9)6-16(14,15)12-3-4-13/h1-2,5,12-13H,3-4,6H2. The Morgan fingerprint density at radius 2 is 2.12 bits per heavy atom. The molecule has 0 amide bonds. The Labute approximate surface area is 102 Å². The van der Waals surface area contributed by atoms with E-state index < -0.39 is 15.8 Å². The zero-order chi connectivity index (χ0) is 12.2. The Bertz CT molecular complexity index is 464. The second-order valence-corrected chi connectivity index (χ2v) is 5.77. The predicted octanol–water partition coefficient (Wildman–Crippen LogP) is 1.000. The third-order valence-corrected chi connectivity index (χ3v) is 3.87. The van der Waals surface area contributed by atoms with E-state index in [1.807, 2.05) is 0 Å². The molecule has 2 N–H and O–H groups in total. The average molecular weight is 312 g/mol. The second kappa shape index (κ2) is 5.72. The number of benzene rings is 1. The van der Waals surface area contributed by atoms with Crippen LogP contribution in [0, 0.1) is 5.82 Å². The van der Waals surface area contributed by atoms with E-state index in [0.717, 1.165) is 0 Å². The van der Waals surface area contributed by atoms with Crippen LogP contribution in [0.4, 0.5) is 4.39 Å². The quantitative estimate of drug-likeness (QED) is 0.852. The van der Waals surface area contributed by atoms with Crippen molar-refractivity contribution >= 4 is 26.0 Å². The van der Waals surface area contributed by atoms with Gasteiger partial charge in [0.15, 0.2) is 0 Å². The largest absolute Gasteiger partial charge is 0.395 e. The molecule has 0 radical (unpaired) electrons. The topological polar surface area (TPSA) is 66.4 Å². The molecular formula is C9H11BrFNO3S. The highest BCUT2D eigenvalue weighted by atomic mass is 79.9. The van der Waals surface area contributed by atoms with Crippen LogP contribution in [0.3, 0.4) is 0 Å². The fraction of sp³-hybridized carbons (Fsp3) is 0.333. The van der Waals surface area contributed by atoms with Gasteiger partial charge in [-0.2, -0.15) is 0 Å². The van der Waals surface area contributed by atoms with E-state index >= 15 is 0 Å². The lowest BCUT2D eigenvalue weighted by atomic mass is 10.2. The minimum atomic E-state index is -3.49. The van der Waals surface area contributed by atoms with Gasteiger partial charge in [-0.1, -0.05) is 22.0 Å². The number of sulfonamides is 1. The Kier molecular flexibility index (Phi) is 4.85. The van der Waals surface area contributed by atoms with Gasteiger partial charge in [0.1, 0.15) is 5.82 Å². The molecule has 0 aliphatic heterocycles. The molecule has 0 heterocycles. The minimum Gasteiger partial charge on any atom is -0.395 e. The molecule has 0 saturated carbocycles. The Balaban J connectivity index is 2.80. The number of aliphatic hydroxyl groups is 1. The first-order chi connectivity index (χ1) is 7.44. The van der Waals surface area contributed by atoms with Crippen LogP contribution in [-0.4, -0.2) is 26.7 Å². The molecular weight excluding hydrogens is 301 g/mol. The fourth-order valence-electron chi connectivity index (χ4n) is 1.10. The van der Waals surface area contributed by atoms with Crippen LogP contribution >= 0.6 is 15.9 Å². The van der Waals surface area contributed by atoms with E-state index in [-0.39, 0.29) is 18.9 Å². The Morgan fingerprint density at radius 3 is 2.69 bits per heavy atom. The molecule has 0 atom stereocenters. The van der Waals surface area contributed by atoms with E-state index in [1.54, 1.807) is 0 Å². The van der Waals surface area contributed by atoms with Crippen molar-refractivity contribution in [2.24, 2.45) is 0 Å². The summed E-state index contributed by atoms with van der Waals surface area (Å²) >= 11 is 3.09. The van der Waals surface area contributed by atoms with Crippen molar-refractivity contribution in [3.8, 4) is 0 Å². The molecule has 0 saturated heterocycles. The van der Waals surface area contributed by atoms with Crippen molar-refractivity contribution in [3.63, 3.8) is 0 Å². The van der Waals surface area contributed by atoms with Gasteiger partial charge in [-0.3, -0.25) is 0 Å². The molecule has 0 unspecified atom stereocenters. The van der Waals surface area contributed by atoms with E-state index in [9.17, 15) is 12.8 Å². The molecule has 0 aliphatic rings. The minimum absolute atomic E-state index is 0.0266. The van der Waals surface area contributed by atoms with Gasteiger partial charge in [0, 0.05) is 11.0 Å². The Hall–Kier alpha value is -0.500. The molecule has 0 aromatic heterocycles. The number of halogens is 2. The zero-order valence-electron chi connectivity index (χ0n) is 8.28. The summed E-state index contributed by atoms with van der Waals surface area (Å²) in [5, 5.41) is 8.50.